The molecule has 0 spiro atoms. The average molecular weight is 377 g/mol. The zero-order valence-electron chi connectivity index (χ0n) is 13.7. The molecule has 0 amide bonds. The van der Waals surface area contributed by atoms with Crippen molar-refractivity contribution in [2.75, 3.05) is 11.8 Å². The number of anilines is 1. The lowest BCUT2D eigenvalue weighted by Gasteiger charge is -2.14. The van der Waals surface area contributed by atoms with Gasteiger partial charge in [0.15, 0.2) is 5.58 Å². The standard InChI is InChI=1S/C16H14N2O7S/c1-18-12-5-4-10(8-14(12)25-16(18)21)26(22,23)17-11-7-9(15(19)20)3-6-13(11)24-2/h3-8,17H,1-2H3,(H,19,20)/p-1. The van der Waals surface area contributed by atoms with Crippen LogP contribution in [0.3, 0.4) is 0 Å². The molecule has 1 heterocycles. The van der Waals surface area contributed by atoms with E-state index >= 15 is 0 Å². The van der Waals surface area contributed by atoms with Gasteiger partial charge in [-0.2, -0.15) is 0 Å². The first-order valence-electron chi connectivity index (χ1n) is 7.25. The Morgan fingerprint density at radius 2 is 1.96 bits per heavy atom. The fourth-order valence-electron chi connectivity index (χ4n) is 2.40. The molecule has 136 valence electrons. The maximum atomic E-state index is 12.6. The monoisotopic (exact) mass is 377 g/mol. The number of benzene rings is 2. The second-order valence-corrected chi connectivity index (χ2v) is 7.05. The molecule has 0 atom stereocenters. The molecule has 3 rings (SSSR count). The highest BCUT2D eigenvalue weighted by Crippen LogP contribution is 2.28. The van der Waals surface area contributed by atoms with Gasteiger partial charge in [-0.25, -0.2) is 13.2 Å². The number of fused-ring (bicyclic) bond motifs is 1. The maximum Gasteiger partial charge on any atom is 0.419 e. The Hall–Kier alpha value is -3.27. The van der Waals surface area contributed by atoms with Gasteiger partial charge in [0, 0.05) is 13.1 Å². The van der Waals surface area contributed by atoms with Crippen LogP contribution < -0.4 is 20.3 Å². The van der Waals surface area contributed by atoms with Crippen molar-refractivity contribution in [3.63, 3.8) is 0 Å². The number of sulfonamides is 1. The lowest BCUT2D eigenvalue weighted by Crippen LogP contribution is -2.22. The topological polar surface area (TPSA) is 131 Å². The molecule has 26 heavy (non-hydrogen) atoms. The summed E-state index contributed by atoms with van der Waals surface area (Å²) >= 11 is 0. The van der Waals surface area contributed by atoms with E-state index in [-0.39, 0.29) is 27.5 Å². The largest absolute Gasteiger partial charge is 0.545 e. The molecule has 0 radical (unpaired) electrons. The lowest BCUT2D eigenvalue weighted by atomic mass is 10.2. The van der Waals surface area contributed by atoms with E-state index in [1.54, 1.807) is 0 Å². The van der Waals surface area contributed by atoms with E-state index in [2.05, 4.69) is 4.72 Å². The summed E-state index contributed by atoms with van der Waals surface area (Å²) in [4.78, 5) is 22.4. The van der Waals surface area contributed by atoms with Crippen LogP contribution in [0, 0.1) is 0 Å². The number of hydrogen-bond acceptors (Lipinski definition) is 7. The molecule has 2 aromatic carbocycles. The number of methoxy groups -OCH3 is 1. The molecule has 0 unspecified atom stereocenters. The van der Waals surface area contributed by atoms with Gasteiger partial charge in [-0.1, -0.05) is 0 Å². The summed E-state index contributed by atoms with van der Waals surface area (Å²) in [6.45, 7) is 0. The minimum atomic E-state index is -4.10. The Bertz CT molecular complexity index is 1180. The number of carboxylic acids is 1. The fourth-order valence-corrected chi connectivity index (χ4v) is 3.48. The number of aromatic carboxylic acids is 1. The molecule has 10 heteroatoms. The van der Waals surface area contributed by atoms with Gasteiger partial charge in [0.25, 0.3) is 10.0 Å². The molecule has 0 fully saturated rings. The molecule has 0 saturated carbocycles. The van der Waals surface area contributed by atoms with Crippen molar-refractivity contribution in [1.29, 1.82) is 0 Å². The Kier molecular flexibility index (Phi) is 4.20. The Morgan fingerprint density at radius 1 is 1.23 bits per heavy atom. The summed E-state index contributed by atoms with van der Waals surface area (Å²) in [5.74, 6) is -1.95. The predicted molar refractivity (Wildman–Crippen MR) is 89.6 cm³/mol. The number of aryl methyl sites for hydroxylation is 1. The molecular weight excluding hydrogens is 364 g/mol. The van der Waals surface area contributed by atoms with Crippen LogP contribution in [0.5, 0.6) is 5.75 Å². The number of oxazole rings is 1. The Morgan fingerprint density at radius 3 is 2.62 bits per heavy atom. The zero-order chi connectivity index (χ0) is 19.1. The van der Waals surface area contributed by atoms with Crippen molar-refractivity contribution in [2.45, 2.75) is 4.90 Å². The Labute approximate surface area is 147 Å². The summed E-state index contributed by atoms with van der Waals surface area (Å²) in [7, 11) is -1.29. The van der Waals surface area contributed by atoms with Gasteiger partial charge < -0.3 is 19.1 Å². The number of carboxylic acid groups (broad SMARTS) is 1. The van der Waals surface area contributed by atoms with Gasteiger partial charge in [-0.05, 0) is 35.9 Å². The van der Waals surface area contributed by atoms with Crippen molar-refractivity contribution < 1.29 is 27.5 Å². The summed E-state index contributed by atoms with van der Waals surface area (Å²) in [5.41, 5.74) is 0.262. The van der Waals surface area contributed by atoms with Crippen molar-refractivity contribution in [3.05, 3.63) is 52.5 Å². The van der Waals surface area contributed by atoms with Gasteiger partial charge in [-0.3, -0.25) is 9.29 Å². The fraction of sp³-hybridized carbons (Fsp3) is 0.125. The first-order valence-corrected chi connectivity index (χ1v) is 8.73. The van der Waals surface area contributed by atoms with Crippen LogP contribution in [0.1, 0.15) is 10.4 Å². The molecule has 3 aromatic rings. The van der Waals surface area contributed by atoms with E-state index < -0.39 is 21.7 Å². The van der Waals surface area contributed by atoms with Crippen LogP contribution in [0.25, 0.3) is 11.1 Å². The van der Waals surface area contributed by atoms with Crippen LogP contribution in [0.2, 0.25) is 0 Å². The molecule has 0 aliphatic carbocycles. The molecule has 0 bridgehead atoms. The van der Waals surface area contributed by atoms with E-state index in [1.807, 2.05) is 0 Å². The number of hydrogen-bond donors (Lipinski definition) is 1. The summed E-state index contributed by atoms with van der Waals surface area (Å²) in [5, 5.41) is 11.0. The first-order chi connectivity index (χ1) is 12.2. The number of carbonyl (C=O) groups excluding carboxylic acids is 1. The van der Waals surface area contributed by atoms with Gasteiger partial charge in [0.2, 0.25) is 0 Å². The highest BCUT2D eigenvalue weighted by molar-refractivity contribution is 7.92. The average Bonchev–Trinajstić information content (AvgIpc) is 2.88. The first kappa shape index (κ1) is 17.5. The third kappa shape index (κ3) is 3.02. The molecule has 1 aromatic heterocycles. The van der Waals surface area contributed by atoms with E-state index in [1.165, 1.54) is 49.1 Å². The minimum Gasteiger partial charge on any atom is -0.545 e. The molecule has 0 aliphatic heterocycles. The van der Waals surface area contributed by atoms with Crippen LogP contribution in [0.4, 0.5) is 5.69 Å². The van der Waals surface area contributed by atoms with Crippen molar-refractivity contribution in [2.24, 2.45) is 7.05 Å². The molecule has 9 nitrogen and oxygen atoms in total. The number of nitrogens with one attached hydrogen (secondary N) is 1. The minimum absolute atomic E-state index is 0.0659. The van der Waals surface area contributed by atoms with Crippen LogP contribution >= 0.6 is 0 Å². The van der Waals surface area contributed by atoms with Gasteiger partial charge in [0.05, 0.1) is 29.2 Å². The second kappa shape index (κ2) is 6.23. The van der Waals surface area contributed by atoms with Crippen LogP contribution in [-0.4, -0.2) is 26.1 Å². The van der Waals surface area contributed by atoms with Gasteiger partial charge >= 0.3 is 5.76 Å². The van der Waals surface area contributed by atoms with Gasteiger partial charge in [0.1, 0.15) is 5.75 Å². The van der Waals surface area contributed by atoms with E-state index in [9.17, 15) is 23.1 Å². The van der Waals surface area contributed by atoms with Crippen molar-refractivity contribution in [1.82, 2.24) is 4.57 Å². The van der Waals surface area contributed by atoms with Crippen LogP contribution in [-0.2, 0) is 17.1 Å². The predicted octanol–water partition coefficient (Wildman–Crippen LogP) is 0.304. The van der Waals surface area contributed by atoms with E-state index in [4.69, 9.17) is 9.15 Å². The van der Waals surface area contributed by atoms with Crippen molar-refractivity contribution in [3.8, 4) is 5.75 Å². The summed E-state index contributed by atoms with van der Waals surface area (Å²) < 4.78 is 38.8. The number of carbonyl (C=O) groups is 1. The summed E-state index contributed by atoms with van der Waals surface area (Å²) in [6.07, 6.45) is 0. The zero-order valence-corrected chi connectivity index (χ0v) is 14.5. The third-order valence-electron chi connectivity index (χ3n) is 3.75. The highest BCUT2D eigenvalue weighted by Gasteiger charge is 2.19. The number of ether oxygens (including phenoxy) is 1. The number of nitrogens with zero attached hydrogens (tertiary/aromatic N) is 1. The molecular formula is C16H13N2O7S-. The summed E-state index contributed by atoms with van der Waals surface area (Å²) in [6, 6.07) is 7.57. The highest BCUT2D eigenvalue weighted by atomic mass is 32.2. The molecule has 1 N–H and O–H groups in total. The van der Waals surface area contributed by atoms with Gasteiger partial charge in [-0.15, -0.1) is 0 Å². The van der Waals surface area contributed by atoms with E-state index in [0.717, 1.165) is 6.07 Å². The normalized spacial score (nSPS) is 11.5. The number of rotatable bonds is 5. The number of aromatic nitrogens is 1. The second-order valence-electron chi connectivity index (χ2n) is 5.36. The van der Waals surface area contributed by atoms with Crippen LogP contribution in [0.15, 0.2) is 50.5 Å². The maximum absolute atomic E-state index is 12.6. The smallest absolute Gasteiger partial charge is 0.419 e. The Balaban J connectivity index is 2.05. The SMILES string of the molecule is COc1ccc(C(=O)[O-])cc1NS(=O)(=O)c1ccc2c(c1)oc(=O)n2C. The molecule has 0 aliphatic rings. The quantitative estimate of drug-likeness (QED) is 0.677. The third-order valence-corrected chi connectivity index (χ3v) is 5.12. The van der Waals surface area contributed by atoms with E-state index in [0.29, 0.717) is 5.52 Å². The molecule has 0 saturated heterocycles. The lowest BCUT2D eigenvalue weighted by molar-refractivity contribution is -0.255. The van der Waals surface area contributed by atoms with Crippen molar-refractivity contribution >= 4 is 32.8 Å².